The highest BCUT2D eigenvalue weighted by Crippen LogP contribution is 2.30. The molecule has 1 aliphatic heterocycles. The lowest BCUT2D eigenvalue weighted by Crippen LogP contribution is -2.54. The van der Waals surface area contributed by atoms with Crippen LogP contribution in [0.1, 0.15) is 0 Å². The Labute approximate surface area is 103 Å². The molecule has 0 amide bonds. The van der Waals surface area contributed by atoms with E-state index in [1.54, 1.807) is 0 Å². The van der Waals surface area contributed by atoms with E-state index in [9.17, 15) is 0 Å². The van der Waals surface area contributed by atoms with E-state index in [1.807, 2.05) is 13.1 Å². The fourth-order valence-electron chi connectivity index (χ4n) is 2.02. The molecule has 1 heterocycles. The molecule has 0 spiro atoms. The van der Waals surface area contributed by atoms with Gasteiger partial charge < -0.3 is 4.57 Å². The summed E-state index contributed by atoms with van der Waals surface area (Å²) >= 11 is 5.52. The largest absolute Gasteiger partial charge is 0.330 e. The smallest absolute Gasteiger partial charge is 0.254 e. The Morgan fingerprint density at radius 1 is 1.06 bits per heavy atom. The second-order valence-electron chi connectivity index (χ2n) is 4.50. The standard InChI is InChI=1S/C11H17N3SSi/c1-12-11(15)14(16(3,4)13(12)2)10-8-6-5-7-9-10/h5-9H,1-4H3. The summed E-state index contributed by atoms with van der Waals surface area (Å²) in [6, 6.07) is 10.4. The lowest BCUT2D eigenvalue weighted by molar-refractivity contribution is 0.231. The SMILES string of the molecule is CN1C(=S)N(c2ccccc2)[Si](C)(C)N1C. The summed E-state index contributed by atoms with van der Waals surface area (Å²) in [6.07, 6.45) is 0. The van der Waals surface area contributed by atoms with Gasteiger partial charge in [0.05, 0.1) is 0 Å². The van der Waals surface area contributed by atoms with E-state index in [2.05, 4.69) is 58.7 Å². The zero-order valence-electron chi connectivity index (χ0n) is 10.1. The molecular weight excluding hydrogens is 234 g/mol. The molecule has 3 nitrogen and oxygen atoms in total. The maximum Gasteiger partial charge on any atom is 0.254 e. The van der Waals surface area contributed by atoms with E-state index in [0.717, 1.165) is 5.11 Å². The van der Waals surface area contributed by atoms with Gasteiger partial charge in [0.2, 0.25) is 0 Å². The van der Waals surface area contributed by atoms with E-state index < -0.39 is 8.40 Å². The Bertz CT molecular complexity index is 407. The van der Waals surface area contributed by atoms with Gasteiger partial charge in [-0.2, -0.15) is 0 Å². The minimum absolute atomic E-state index is 0.894. The minimum Gasteiger partial charge on any atom is -0.330 e. The third-order valence-electron chi connectivity index (χ3n) is 3.27. The molecular formula is C11H17N3SSi. The highest BCUT2D eigenvalue weighted by Gasteiger charge is 2.47. The number of anilines is 1. The highest BCUT2D eigenvalue weighted by atomic mass is 32.1. The molecule has 0 N–H and O–H groups in total. The van der Waals surface area contributed by atoms with Gasteiger partial charge in [0, 0.05) is 19.8 Å². The monoisotopic (exact) mass is 251 g/mol. The molecule has 1 aromatic rings. The van der Waals surface area contributed by atoms with E-state index in [1.165, 1.54) is 5.69 Å². The van der Waals surface area contributed by atoms with Gasteiger partial charge in [-0.15, -0.1) is 0 Å². The zero-order chi connectivity index (χ0) is 11.9. The van der Waals surface area contributed by atoms with Gasteiger partial charge >= 0.3 is 0 Å². The average Bonchev–Trinajstić information content (AvgIpc) is 2.41. The van der Waals surface area contributed by atoms with Gasteiger partial charge in [-0.1, -0.05) is 18.2 Å². The third kappa shape index (κ3) is 1.55. The van der Waals surface area contributed by atoms with Gasteiger partial charge in [-0.05, 0) is 37.4 Å². The Morgan fingerprint density at radius 3 is 2.06 bits per heavy atom. The van der Waals surface area contributed by atoms with Crippen LogP contribution in [0.15, 0.2) is 30.3 Å². The van der Waals surface area contributed by atoms with E-state index in [0.29, 0.717) is 0 Å². The van der Waals surface area contributed by atoms with Crippen LogP contribution in [0.2, 0.25) is 13.1 Å². The first-order chi connectivity index (χ1) is 7.46. The molecule has 0 aliphatic carbocycles. The Kier molecular flexibility index (Phi) is 2.77. The van der Waals surface area contributed by atoms with Crippen molar-refractivity contribution in [3.05, 3.63) is 30.3 Å². The van der Waals surface area contributed by atoms with Crippen molar-refractivity contribution in [2.75, 3.05) is 18.7 Å². The van der Waals surface area contributed by atoms with Crippen molar-refractivity contribution in [3.63, 3.8) is 0 Å². The van der Waals surface area contributed by atoms with Crippen LogP contribution in [0.5, 0.6) is 0 Å². The van der Waals surface area contributed by atoms with Crippen LogP contribution in [0.3, 0.4) is 0 Å². The first kappa shape index (κ1) is 11.6. The summed E-state index contributed by atoms with van der Waals surface area (Å²) in [5.74, 6) is 0. The van der Waals surface area contributed by atoms with Crippen LogP contribution in [0.4, 0.5) is 5.69 Å². The summed E-state index contributed by atoms with van der Waals surface area (Å²) in [4.78, 5) is 0. The number of nitrogens with zero attached hydrogens (tertiary/aromatic N) is 3. The van der Waals surface area contributed by atoms with Gasteiger partial charge in [-0.25, -0.2) is 4.67 Å². The maximum atomic E-state index is 5.52. The van der Waals surface area contributed by atoms with Crippen molar-refractivity contribution in [2.45, 2.75) is 13.1 Å². The predicted octanol–water partition coefficient (Wildman–Crippen LogP) is 2.27. The van der Waals surface area contributed by atoms with Crippen LogP contribution in [-0.2, 0) is 0 Å². The molecule has 1 aromatic carbocycles. The Hall–Kier alpha value is -0.913. The number of thiocarbonyl (C=S) groups is 1. The summed E-state index contributed by atoms with van der Waals surface area (Å²) in [5.41, 5.74) is 1.19. The summed E-state index contributed by atoms with van der Waals surface area (Å²) < 4.78 is 4.59. The lowest BCUT2D eigenvalue weighted by atomic mass is 10.3. The molecule has 2 rings (SSSR count). The van der Waals surface area contributed by atoms with E-state index in [-0.39, 0.29) is 0 Å². The molecule has 0 aromatic heterocycles. The maximum absolute atomic E-state index is 5.52. The number of hydrogen-bond donors (Lipinski definition) is 0. The molecule has 16 heavy (non-hydrogen) atoms. The van der Waals surface area contributed by atoms with Crippen molar-refractivity contribution in [1.82, 2.24) is 9.68 Å². The van der Waals surface area contributed by atoms with Crippen molar-refractivity contribution >= 4 is 31.4 Å². The molecule has 0 radical (unpaired) electrons. The highest BCUT2D eigenvalue weighted by molar-refractivity contribution is 7.80. The number of hydrazine groups is 1. The molecule has 1 aliphatic rings. The fourth-order valence-corrected chi connectivity index (χ4v) is 5.51. The fraction of sp³-hybridized carbons (Fsp3) is 0.364. The number of para-hydroxylation sites is 1. The Balaban J connectivity index is 2.45. The molecule has 1 fully saturated rings. The number of benzene rings is 1. The third-order valence-corrected chi connectivity index (χ3v) is 7.33. The van der Waals surface area contributed by atoms with Crippen molar-refractivity contribution in [3.8, 4) is 0 Å². The summed E-state index contributed by atoms with van der Waals surface area (Å²) in [7, 11) is 2.45. The van der Waals surface area contributed by atoms with Crippen molar-refractivity contribution in [2.24, 2.45) is 0 Å². The summed E-state index contributed by atoms with van der Waals surface area (Å²) in [5, 5.41) is 2.96. The molecule has 86 valence electrons. The first-order valence-electron chi connectivity index (χ1n) is 5.33. The topological polar surface area (TPSA) is 9.72 Å². The van der Waals surface area contributed by atoms with Crippen LogP contribution in [-0.4, -0.2) is 37.3 Å². The van der Waals surface area contributed by atoms with Crippen LogP contribution >= 0.6 is 12.2 Å². The predicted molar refractivity (Wildman–Crippen MR) is 74.5 cm³/mol. The van der Waals surface area contributed by atoms with Crippen molar-refractivity contribution < 1.29 is 0 Å². The van der Waals surface area contributed by atoms with Crippen LogP contribution in [0, 0.1) is 0 Å². The molecule has 0 unspecified atom stereocenters. The minimum atomic E-state index is -1.69. The Morgan fingerprint density at radius 2 is 1.62 bits per heavy atom. The van der Waals surface area contributed by atoms with Crippen LogP contribution < -0.4 is 4.57 Å². The second-order valence-corrected chi connectivity index (χ2v) is 8.94. The first-order valence-corrected chi connectivity index (χ1v) is 8.63. The van der Waals surface area contributed by atoms with Gasteiger partial charge in [-0.3, -0.25) is 5.01 Å². The molecule has 5 heteroatoms. The normalized spacial score (nSPS) is 20.6. The van der Waals surface area contributed by atoms with Gasteiger partial charge in [0.15, 0.2) is 5.11 Å². The summed E-state index contributed by atoms with van der Waals surface area (Å²) in [6.45, 7) is 4.60. The van der Waals surface area contributed by atoms with E-state index >= 15 is 0 Å². The van der Waals surface area contributed by atoms with Gasteiger partial charge in [0.25, 0.3) is 8.40 Å². The second kappa shape index (κ2) is 3.83. The zero-order valence-corrected chi connectivity index (χ0v) is 12.0. The average molecular weight is 251 g/mol. The van der Waals surface area contributed by atoms with E-state index in [4.69, 9.17) is 12.2 Å². The van der Waals surface area contributed by atoms with Gasteiger partial charge in [0.1, 0.15) is 0 Å². The quantitative estimate of drug-likeness (QED) is 0.559. The molecule has 0 bridgehead atoms. The lowest BCUT2D eigenvalue weighted by Gasteiger charge is -2.32. The van der Waals surface area contributed by atoms with Crippen molar-refractivity contribution in [1.29, 1.82) is 0 Å². The molecule has 0 saturated carbocycles. The number of hydrogen-bond acceptors (Lipinski definition) is 2. The van der Waals surface area contributed by atoms with Crippen LogP contribution in [0.25, 0.3) is 0 Å². The molecule has 0 atom stereocenters. The number of rotatable bonds is 1. The molecule has 1 saturated heterocycles.